The molecule has 0 amide bonds. The number of nitrogens with one attached hydrogen (secondary N) is 1. The van der Waals surface area contributed by atoms with Crippen molar-refractivity contribution in [3.63, 3.8) is 0 Å². The third-order valence-electron chi connectivity index (χ3n) is 3.26. The maximum Gasteiger partial charge on any atom is 0.256 e. The highest BCUT2D eigenvalue weighted by molar-refractivity contribution is 6.33. The van der Waals surface area contributed by atoms with Gasteiger partial charge in [0.15, 0.2) is 0 Å². The Morgan fingerprint density at radius 3 is 3.10 bits per heavy atom. The van der Waals surface area contributed by atoms with E-state index in [0.717, 1.165) is 5.69 Å². The molecular weight excluding hydrogens is 280 g/mol. The Morgan fingerprint density at radius 2 is 2.30 bits per heavy atom. The molecule has 1 aliphatic rings. The summed E-state index contributed by atoms with van der Waals surface area (Å²) in [5, 5.41) is 0.486. The van der Waals surface area contributed by atoms with Crippen LogP contribution in [0.2, 0.25) is 5.02 Å². The van der Waals surface area contributed by atoms with Crippen LogP contribution < -0.4 is 10.3 Å². The van der Waals surface area contributed by atoms with Crippen molar-refractivity contribution in [2.45, 2.75) is 13.0 Å². The van der Waals surface area contributed by atoms with Gasteiger partial charge in [-0.1, -0.05) is 17.7 Å². The van der Waals surface area contributed by atoms with Crippen molar-refractivity contribution in [2.75, 3.05) is 13.7 Å². The monoisotopic (exact) mass is 292 g/mol. The van der Waals surface area contributed by atoms with Gasteiger partial charge in [-0.25, -0.2) is 4.98 Å². The van der Waals surface area contributed by atoms with E-state index >= 15 is 0 Å². The molecule has 0 bridgehead atoms. The summed E-state index contributed by atoms with van der Waals surface area (Å²) in [6, 6.07) is 5.31. The normalized spacial score (nSPS) is 13.9. The quantitative estimate of drug-likeness (QED) is 0.921. The third-order valence-corrected chi connectivity index (χ3v) is 3.58. The largest absolute Gasteiger partial charge is 0.496 e. The summed E-state index contributed by atoms with van der Waals surface area (Å²) in [6.07, 6.45) is 0.624. The summed E-state index contributed by atoms with van der Waals surface area (Å²) in [7, 11) is 1.56. The van der Waals surface area contributed by atoms with Gasteiger partial charge >= 0.3 is 0 Å². The van der Waals surface area contributed by atoms with E-state index in [-0.39, 0.29) is 5.56 Å². The van der Waals surface area contributed by atoms with E-state index in [1.165, 1.54) is 0 Å². The summed E-state index contributed by atoms with van der Waals surface area (Å²) in [4.78, 5) is 19.4. The molecule has 3 rings (SSSR count). The zero-order valence-corrected chi connectivity index (χ0v) is 11.7. The molecule has 6 heteroatoms. The number of hydrogen-bond donors (Lipinski definition) is 1. The Labute approximate surface area is 120 Å². The van der Waals surface area contributed by atoms with E-state index in [1.807, 2.05) is 0 Å². The molecule has 0 atom stereocenters. The molecule has 0 aliphatic carbocycles. The average Bonchev–Trinajstić information content (AvgIpc) is 2.46. The van der Waals surface area contributed by atoms with Crippen LogP contribution in [0.4, 0.5) is 0 Å². The van der Waals surface area contributed by atoms with Crippen LogP contribution >= 0.6 is 11.6 Å². The number of H-pyrrole nitrogens is 1. The Bertz CT molecular complexity index is 712. The Balaban J connectivity index is 2.21. The number of rotatable bonds is 2. The van der Waals surface area contributed by atoms with Gasteiger partial charge in [0.05, 0.1) is 42.2 Å². The van der Waals surface area contributed by atoms with Crippen molar-refractivity contribution in [1.29, 1.82) is 0 Å². The zero-order chi connectivity index (χ0) is 14.1. The first kappa shape index (κ1) is 13.1. The van der Waals surface area contributed by atoms with Crippen LogP contribution in [0, 0.1) is 0 Å². The van der Waals surface area contributed by atoms with Crippen LogP contribution in [0.3, 0.4) is 0 Å². The molecule has 1 aliphatic heterocycles. The number of hydrogen-bond acceptors (Lipinski definition) is 4. The molecule has 0 saturated heterocycles. The molecule has 20 heavy (non-hydrogen) atoms. The number of fused-ring (bicyclic) bond motifs is 1. The van der Waals surface area contributed by atoms with Gasteiger partial charge in [0.1, 0.15) is 11.6 Å². The highest BCUT2D eigenvalue weighted by Gasteiger charge is 2.19. The smallest absolute Gasteiger partial charge is 0.256 e. The lowest BCUT2D eigenvalue weighted by Gasteiger charge is -2.16. The van der Waals surface area contributed by atoms with Crippen LogP contribution in [0.25, 0.3) is 11.4 Å². The maximum atomic E-state index is 12.1. The van der Waals surface area contributed by atoms with Gasteiger partial charge in [-0.3, -0.25) is 4.79 Å². The zero-order valence-electron chi connectivity index (χ0n) is 10.9. The predicted octanol–water partition coefficient (Wildman–Crippen LogP) is 2.17. The minimum atomic E-state index is -0.188. The molecular formula is C14H13ClN2O3. The lowest BCUT2D eigenvalue weighted by atomic mass is 10.1. The van der Waals surface area contributed by atoms with Crippen molar-refractivity contribution in [3.8, 4) is 17.1 Å². The topological polar surface area (TPSA) is 64.2 Å². The van der Waals surface area contributed by atoms with Crippen molar-refractivity contribution in [1.82, 2.24) is 9.97 Å². The summed E-state index contributed by atoms with van der Waals surface area (Å²) in [6.45, 7) is 0.875. The van der Waals surface area contributed by atoms with Gasteiger partial charge in [0.2, 0.25) is 0 Å². The van der Waals surface area contributed by atoms with Crippen molar-refractivity contribution in [3.05, 3.63) is 44.8 Å². The number of halogens is 1. The first-order chi connectivity index (χ1) is 9.70. The Hall–Kier alpha value is -1.85. The molecule has 5 nitrogen and oxygen atoms in total. The molecule has 104 valence electrons. The van der Waals surface area contributed by atoms with Crippen LogP contribution in [0.1, 0.15) is 11.3 Å². The number of aromatic nitrogens is 2. The highest BCUT2D eigenvalue weighted by atomic mass is 35.5. The second kappa shape index (κ2) is 5.26. The van der Waals surface area contributed by atoms with Gasteiger partial charge in [-0.05, 0) is 12.1 Å². The lowest BCUT2D eigenvalue weighted by molar-refractivity contribution is 0.108. The molecule has 1 aromatic carbocycles. The minimum absolute atomic E-state index is 0.188. The average molecular weight is 293 g/mol. The van der Waals surface area contributed by atoms with Crippen LogP contribution in [-0.4, -0.2) is 23.7 Å². The Kier molecular flexibility index (Phi) is 3.46. The van der Waals surface area contributed by atoms with Crippen LogP contribution in [0.15, 0.2) is 23.0 Å². The highest BCUT2D eigenvalue weighted by Crippen LogP contribution is 2.34. The van der Waals surface area contributed by atoms with Crippen molar-refractivity contribution < 1.29 is 9.47 Å². The SMILES string of the molecule is COc1cccc(Cl)c1-c1nc2c(c(=O)[nH]1)COCC2. The third kappa shape index (κ3) is 2.19. The molecule has 0 unspecified atom stereocenters. The number of nitrogens with zero attached hydrogens (tertiary/aromatic N) is 1. The number of methoxy groups -OCH3 is 1. The van der Waals surface area contributed by atoms with Gasteiger partial charge in [-0.2, -0.15) is 0 Å². The van der Waals surface area contributed by atoms with Gasteiger partial charge in [0, 0.05) is 6.42 Å². The molecule has 2 heterocycles. The predicted molar refractivity (Wildman–Crippen MR) is 75.2 cm³/mol. The van der Waals surface area contributed by atoms with E-state index in [9.17, 15) is 4.79 Å². The standard InChI is InChI=1S/C14H13ClN2O3/c1-19-11-4-2-3-9(15)12(11)13-16-10-5-6-20-7-8(10)14(18)17-13/h2-4H,5-7H2,1H3,(H,16,17,18). The molecule has 1 N–H and O–H groups in total. The first-order valence-corrected chi connectivity index (χ1v) is 6.61. The fourth-order valence-corrected chi connectivity index (χ4v) is 2.52. The lowest BCUT2D eigenvalue weighted by Crippen LogP contribution is -2.24. The fraction of sp³-hybridized carbons (Fsp3) is 0.286. The summed E-state index contributed by atoms with van der Waals surface area (Å²) in [5.74, 6) is 1.01. The van der Waals surface area contributed by atoms with E-state index in [4.69, 9.17) is 21.1 Å². The fourth-order valence-electron chi connectivity index (χ4n) is 2.27. The summed E-state index contributed by atoms with van der Waals surface area (Å²) in [5.41, 5.74) is 1.76. The maximum absolute atomic E-state index is 12.1. The number of aromatic amines is 1. The Morgan fingerprint density at radius 1 is 1.45 bits per heavy atom. The number of ether oxygens (including phenoxy) is 2. The van der Waals surface area contributed by atoms with E-state index in [1.54, 1.807) is 25.3 Å². The summed E-state index contributed by atoms with van der Waals surface area (Å²) >= 11 is 6.21. The van der Waals surface area contributed by atoms with Gasteiger partial charge < -0.3 is 14.5 Å². The first-order valence-electron chi connectivity index (χ1n) is 6.23. The molecule has 0 radical (unpaired) electrons. The van der Waals surface area contributed by atoms with Crippen molar-refractivity contribution in [2.24, 2.45) is 0 Å². The van der Waals surface area contributed by atoms with E-state index < -0.39 is 0 Å². The van der Waals surface area contributed by atoms with Crippen LogP contribution in [-0.2, 0) is 17.8 Å². The summed E-state index contributed by atoms with van der Waals surface area (Å²) < 4.78 is 10.6. The molecule has 1 aromatic heterocycles. The second-order valence-electron chi connectivity index (χ2n) is 4.46. The van der Waals surface area contributed by atoms with Gasteiger partial charge in [-0.15, -0.1) is 0 Å². The van der Waals surface area contributed by atoms with Gasteiger partial charge in [0.25, 0.3) is 5.56 Å². The van der Waals surface area contributed by atoms with E-state index in [0.29, 0.717) is 47.4 Å². The number of benzene rings is 1. The minimum Gasteiger partial charge on any atom is -0.496 e. The second-order valence-corrected chi connectivity index (χ2v) is 4.87. The molecule has 0 spiro atoms. The van der Waals surface area contributed by atoms with E-state index in [2.05, 4.69) is 9.97 Å². The van der Waals surface area contributed by atoms with Crippen molar-refractivity contribution >= 4 is 11.6 Å². The molecule has 0 saturated carbocycles. The molecule has 0 fully saturated rings. The molecule has 2 aromatic rings. The van der Waals surface area contributed by atoms with Crippen LogP contribution in [0.5, 0.6) is 5.75 Å².